The molecule has 0 aliphatic carbocycles. The zero-order valence-corrected chi connectivity index (χ0v) is 72.8. The third-order valence-corrected chi connectivity index (χ3v) is 21.9. The summed E-state index contributed by atoms with van der Waals surface area (Å²) in [5.41, 5.74) is 23.5. The lowest BCUT2D eigenvalue weighted by molar-refractivity contribution is -0.144. The summed E-state index contributed by atoms with van der Waals surface area (Å²) in [5.74, 6) is -19.4. The van der Waals surface area contributed by atoms with Gasteiger partial charge in [0.15, 0.2) is 11.9 Å². The van der Waals surface area contributed by atoms with Gasteiger partial charge in [0, 0.05) is 51.9 Å². The van der Waals surface area contributed by atoms with Crippen molar-refractivity contribution in [2.75, 3.05) is 39.3 Å². The van der Waals surface area contributed by atoms with Gasteiger partial charge in [0.25, 0.3) is 0 Å². The topological polar surface area (TPSA) is 718 Å². The number of nitrogens with two attached hydrogens (primary N) is 4. The van der Waals surface area contributed by atoms with Crippen LogP contribution in [0.4, 0.5) is 0 Å². The van der Waals surface area contributed by atoms with Gasteiger partial charge in [-0.3, -0.25) is 87.5 Å². The van der Waals surface area contributed by atoms with Crippen LogP contribution in [0.25, 0.3) is 0 Å². The Morgan fingerprint density at radius 2 is 0.819 bits per heavy atom. The molecule has 0 unspecified atom stereocenters. The lowest BCUT2D eigenvalue weighted by Gasteiger charge is -2.32. The number of aromatic hydroxyl groups is 2. The first kappa shape index (κ1) is 105. The second-order valence-corrected chi connectivity index (χ2v) is 33.1. The van der Waals surface area contributed by atoms with Crippen molar-refractivity contribution in [3.8, 4) is 11.5 Å². The van der Waals surface area contributed by atoms with Gasteiger partial charge in [-0.15, -0.1) is 0 Å². The first-order valence-corrected chi connectivity index (χ1v) is 43.1. The molecule has 0 saturated carbocycles. The molecule has 127 heavy (non-hydrogen) atoms. The van der Waals surface area contributed by atoms with E-state index in [1.54, 1.807) is 41.5 Å². The number of benzene rings is 2. The second-order valence-electron chi connectivity index (χ2n) is 33.1. The van der Waals surface area contributed by atoms with E-state index in [1.165, 1.54) is 53.4 Å². The van der Waals surface area contributed by atoms with Crippen LogP contribution in [0.2, 0.25) is 0 Å². The number of unbranched alkanes of at least 4 members (excludes halogenated alkanes) is 1. The molecule has 5 rings (SSSR count). The summed E-state index contributed by atoms with van der Waals surface area (Å²) in [7, 11) is 0. The quantitative estimate of drug-likeness (QED) is 0.0173. The highest BCUT2D eigenvalue weighted by Gasteiger charge is 2.44. The van der Waals surface area contributed by atoms with Crippen LogP contribution >= 0.6 is 0 Å². The van der Waals surface area contributed by atoms with Crippen molar-refractivity contribution >= 4 is 113 Å². The highest BCUT2D eigenvalue weighted by molar-refractivity contribution is 6.01. The SMILES string of the molecule is CC[C@H](C)[C@H](NC(=O)[C@H](Cc1ccc(O)cc1)NC(=O)[C@@H]1CCCN1C(=O)[C@H](CCCNC(=N)N)NC(=O)[C@H](CCCNC(=N)N)NC(=O)[C@@H]1CCCN1C(=O)[C@H](CCCCN)NC(=O)[C@H](CC(N)=O)NC(=O)[C@H](CCC(=O)O)NC(=O)[C@H](Cc1ccc(O)cc1)NC(=O)[C@H](CC(C)C)NC(=O)[C@H](CCC(=O)O)NC(=O)[C@H]1CCCN1)C(=O)N[C@@H](CC(C)C)C(=O)O. The van der Waals surface area contributed by atoms with Crippen LogP contribution in [0.3, 0.4) is 0 Å². The maximum absolute atomic E-state index is 15.2. The number of hydrogen-bond donors (Lipinski definition) is 25. The van der Waals surface area contributed by atoms with Gasteiger partial charge in [0.05, 0.1) is 12.5 Å². The number of nitrogens with one attached hydrogen (secondary N) is 16. The number of nitrogens with zero attached hydrogens (tertiary/aromatic N) is 2. The Balaban J connectivity index is 1.42. The summed E-state index contributed by atoms with van der Waals surface area (Å²) in [4.78, 5) is 241. The Morgan fingerprint density at radius 3 is 1.26 bits per heavy atom. The molecule has 44 heteroatoms. The summed E-state index contributed by atoms with van der Waals surface area (Å²) in [6, 6.07) is -9.29. The maximum Gasteiger partial charge on any atom is 0.326 e. The van der Waals surface area contributed by atoms with E-state index in [0.29, 0.717) is 36.9 Å². The van der Waals surface area contributed by atoms with E-state index in [1.807, 2.05) is 0 Å². The largest absolute Gasteiger partial charge is 0.508 e. The van der Waals surface area contributed by atoms with Gasteiger partial charge in [-0.1, -0.05) is 72.2 Å². The lowest BCUT2D eigenvalue weighted by atomic mass is 9.96. The third-order valence-electron chi connectivity index (χ3n) is 21.9. The fraction of sp³-hybridized carbons (Fsp3) is 0.627. The van der Waals surface area contributed by atoms with E-state index in [4.69, 9.17) is 33.8 Å². The molecule has 3 saturated heterocycles. The standard InChI is InChI=1S/C83H130N22O22/c1-7-46(6)67(78(123)102-61(81(126)127)40-45(4)5)103-75(120)59(42-48-23-27-50(107)28-24-48)101-77(122)63-20-14-38-105(63)80(125)56(18-12-36-92-83(88)89)96-69(114)52(17-11-35-91-82(86)87)95-76(121)62-19-13-37-104(62)79(124)55(15-8-9-33-84)97-74(119)60(43-64(85)108)100-71(116)54(30-32-66(111)112)94-73(118)58(41-47-21-25-49(106)26-22-47)99-72(117)57(39-44(2)3)98-70(115)53(29-31-65(109)110)93-68(113)51-16-10-34-90-51/h21-28,44-46,51-63,67,90,106-107H,7-20,29-43,84H2,1-6H3,(H2,85,108)(H,93,113)(H,94,118)(H,95,121)(H,96,114)(H,97,119)(H,98,115)(H,99,117)(H,100,116)(H,101,122)(H,102,123)(H,103,120)(H,109,110)(H,111,112)(H,126,127)(H4,86,87,91)(H4,88,89,92)/t46-,51+,52-,53-,54-,55-,56-,57-,58-,59-,60-,61-,62-,63-,67-/m0/s1. The lowest BCUT2D eigenvalue weighted by Crippen LogP contribution is -2.61. The molecule has 2 aromatic rings. The van der Waals surface area contributed by atoms with Gasteiger partial charge in [-0.2, -0.15) is 0 Å². The zero-order chi connectivity index (χ0) is 94.3. The predicted octanol–water partition coefficient (Wildman–Crippen LogP) is -3.57. The average Bonchev–Trinajstić information content (AvgIpc) is 1.72. The molecule has 2 aromatic carbocycles. The molecule has 44 nitrogen and oxygen atoms in total. The number of rotatable bonds is 55. The molecule has 3 heterocycles. The maximum atomic E-state index is 15.2. The van der Waals surface area contributed by atoms with Crippen molar-refractivity contribution in [3.05, 3.63) is 59.7 Å². The monoisotopic (exact) mass is 1790 g/mol. The van der Waals surface area contributed by atoms with Crippen molar-refractivity contribution in [2.45, 2.75) is 274 Å². The molecule has 3 fully saturated rings. The average molecular weight is 1790 g/mol. The number of carbonyl (C=O) groups excluding carboxylic acids is 14. The van der Waals surface area contributed by atoms with Crippen LogP contribution < -0.4 is 97.4 Å². The van der Waals surface area contributed by atoms with Crippen LogP contribution in [-0.4, -0.2) is 272 Å². The molecule has 0 bridgehead atoms. The van der Waals surface area contributed by atoms with Crippen LogP contribution in [0, 0.1) is 28.6 Å². The summed E-state index contributed by atoms with van der Waals surface area (Å²) >= 11 is 0. The van der Waals surface area contributed by atoms with Crippen molar-refractivity contribution in [3.63, 3.8) is 0 Å². The second kappa shape index (κ2) is 53.1. The Hall–Kier alpha value is -12.5. The number of hydrogen-bond acceptors (Lipinski definition) is 23. The van der Waals surface area contributed by atoms with Gasteiger partial charge in [-0.25, -0.2) is 4.79 Å². The molecule has 14 amide bonds. The smallest absolute Gasteiger partial charge is 0.326 e. The number of guanidine groups is 2. The molecule has 3 aliphatic heterocycles. The minimum Gasteiger partial charge on any atom is -0.508 e. The normalized spacial score (nSPS) is 17.6. The minimum absolute atomic E-state index is 0.0110. The Kier molecular flexibility index (Phi) is 43.9. The molecule has 0 aromatic heterocycles. The van der Waals surface area contributed by atoms with Gasteiger partial charge >= 0.3 is 17.9 Å². The Labute approximate surface area is 736 Å². The molecule has 0 radical (unpaired) electrons. The third kappa shape index (κ3) is 36.2. The number of phenols is 2. The number of carbonyl (C=O) groups is 17. The van der Waals surface area contributed by atoms with E-state index >= 15 is 14.4 Å². The molecular weight excluding hydrogens is 1660 g/mol. The molecule has 0 spiro atoms. The van der Waals surface area contributed by atoms with Crippen LogP contribution in [0.15, 0.2) is 48.5 Å². The van der Waals surface area contributed by atoms with Gasteiger partial charge < -0.3 is 133 Å². The van der Waals surface area contributed by atoms with Gasteiger partial charge in [-0.05, 0) is 175 Å². The van der Waals surface area contributed by atoms with E-state index in [0.717, 1.165) is 4.90 Å². The highest BCUT2D eigenvalue weighted by Crippen LogP contribution is 2.25. The summed E-state index contributed by atoms with van der Waals surface area (Å²) < 4.78 is 0. The summed E-state index contributed by atoms with van der Waals surface area (Å²) in [6.07, 6.45) is -2.07. The zero-order valence-electron chi connectivity index (χ0n) is 72.8. The first-order valence-electron chi connectivity index (χ1n) is 43.1. The van der Waals surface area contributed by atoms with Crippen LogP contribution in [0.1, 0.15) is 188 Å². The predicted molar refractivity (Wildman–Crippen MR) is 460 cm³/mol. The number of likely N-dealkylation sites (tertiary alicyclic amines) is 2. The highest BCUT2D eigenvalue weighted by atomic mass is 16.4. The van der Waals surface area contributed by atoms with Crippen LogP contribution in [-0.2, 0) is 94.3 Å². The van der Waals surface area contributed by atoms with E-state index in [2.05, 4.69) is 74.4 Å². The number of carboxylic acid groups (broad SMARTS) is 3. The Morgan fingerprint density at radius 1 is 0.441 bits per heavy atom. The van der Waals surface area contributed by atoms with E-state index < -0.39 is 229 Å². The minimum atomic E-state index is -1.98. The molecular formula is C83H130N22O22. The number of amides is 14. The van der Waals surface area contributed by atoms with Gasteiger partial charge in [0.1, 0.15) is 90.0 Å². The fourth-order valence-corrected chi connectivity index (χ4v) is 14.9. The van der Waals surface area contributed by atoms with Crippen molar-refractivity contribution in [1.29, 1.82) is 10.8 Å². The number of aliphatic carboxylic acids is 3. The Bertz CT molecular complexity index is 4130. The van der Waals surface area contributed by atoms with Crippen molar-refractivity contribution < 1.29 is 107 Å². The number of primary amides is 1. The number of carboxylic acids is 3. The van der Waals surface area contributed by atoms with E-state index in [9.17, 15) is 92.7 Å². The molecule has 15 atom stereocenters. The fourth-order valence-electron chi connectivity index (χ4n) is 14.9. The van der Waals surface area contributed by atoms with Crippen LogP contribution in [0.5, 0.6) is 11.5 Å². The van der Waals surface area contributed by atoms with E-state index in [-0.39, 0.29) is 159 Å². The van der Waals surface area contributed by atoms with Gasteiger partial charge in [0.2, 0.25) is 82.7 Å². The van der Waals surface area contributed by atoms with Crippen molar-refractivity contribution in [2.24, 2.45) is 40.7 Å². The summed E-state index contributed by atoms with van der Waals surface area (Å²) in [6.45, 7) is 10.9. The molecule has 704 valence electrons. The summed E-state index contributed by atoms with van der Waals surface area (Å²) in [5, 5.41) is 102. The number of phenolic OH excluding ortho intramolecular Hbond substituents is 2. The first-order chi connectivity index (χ1) is 60.1. The molecule has 3 aliphatic rings. The molecule has 29 N–H and O–H groups in total. The van der Waals surface area contributed by atoms with Crippen molar-refractivity contribution in [1.82, 2.24) is 84.2 Å².